The van der Waals surface area contributed by atoms with Crippen molar-refractivity contribution in [2.75, 3.05) is 5.75 Å². The van der Waals surface area contributed by atoms with E-state index >= 15 is 0 Å². The van der Waals surface area contributed by atoms with E-state index in [9.17, 15) is 49.2 Å². The van der Waals surface area contributed by atoms with E-state index in [0.717, 1.165) is 27.7 Å². The third-order valence-corrected chi connectivity index (χ3v) is 6.74. The Labute approximate surface area is 242 Å². The van der Waals surface area contributed by atoms with Crippen LogP contribution in [0.1, 0.15) is 38.1 Å². The second-order valence-electron chi connectivity index (χ2n) is 8.87. The second kappa shape index (κ2) is 13.4. The van der Waals surface area contributed by atoms with Gasteiger partial charge < -0.3 is 49.4 Å². The maximum Gasteiger partial charge on any atom is 0.327 e. The Morgan fingerprint density at radius 2 is 1.50 bits per heavy atom. The van der Waals surface area contributed by atoms with Gasteiger partial charge in [0.25, 0.3) is 5.91 Å². The van der Waals surface area contributed by atoms with Crippen molar-refractivity contribution in [3.05, 3.63) is 35.9 Å². The van der Waals surface area contributed by atoms with Crippen molar-refractivity contribution in [1.82, 2.24) is 5.32 Å². The number of nitrogens with one attached hydrogen (secondary N) is 1. The molecule has 0 aromatic heterocycles. The van der Waals surface area contributed by atoms with Crippen LogP contribution in [0.2, 0.25) is 0 Å². The number of amides is 1. The highest BCUT2D eigenvalue weighted by Gasteiger charge is 2.77. The number of benzene rings is 1. The van der Waals surface area contributed by atoms with E-state index in [4.69, 9.17) is 24.7 Å². The summed E-state index contributed by atoms with van der Waals surface area (Å²) in [7, 11) is 0. The third kappa shape index (κ3) is 7.72. The molecule has 0 radical (unpaired) electrons. The highest BCUT2D eigenvalue weighted by atomic mass is 32.2. The molecule has 1 heterocycles. The van der Waals surface area contributed by atoms with Crippen LogP contribution in [0.4, 0.5) is 0 Å². The van der Waals surface area contributed by atoms with Gasteiger partial charge in [0, 0.05) is 39.0 Å². The molecule has 42 heavy (non-hydrogen) atoms. The largest absolute Gasteiger partial charge is 0.480 e. The predicted molar refractivity (Wildman–Crippen MR) is 136 cm³/mol. The number of esters is 4. The number of aliphatic hydroxyl groups is 3. The number of rotatable bonds is 11. The molecule has 1 amide bonds. The minimum Gasteiger partial charge on any atom is -0.480 e. The molecule has 1 saturated heterocycles. The lowest BCUT2D eigenvalue weighted by molar-refractivity contribution is -0.465. The number of aliphatic carboxylic acids is 1. The maximum atomic E-state index is 12.6. The molecule has 0 spiro atoms. The molecule has 1 fully saturated rings. The zero-order valence-corrected chi connectivity index (χ0v) is 23.5. The highest BCUT2D eigenvalue weighted by Crippen LogP contribution is 2.49. The molecule has 18 heteroatoms. The van der Waals surface area contributed by atoms with Crippen molar-refractivity contribution in [3.63, 3.8) is 0 Å². The fourth-order valence-corrected chi connectivity index (χ4v) is 5.02. The molecule has 7 atom stereocenters. The number of aliphatic hydroxyl groups excluding tert-OH is 1. The Bertz CT molecular complexity index is 1220. The topological polar surface area (TPSA) is 268 Å². The summed E-state index contributed by atoms with van der Waals surface area (Å²) in [6.07, 6.45) is -7.70. The Hall–Kier alpha value is -3.81. The molecule has 2 rings (SSSR count). The third-order valence-electron chi connectivity index (χ3n) is 5.47. The number of thioether (sulfide) groups is 1. The molecular weight excluding hydrogens is 588 g/mol. The van der Waals surface area contributed by atoms with Gasteiger partial charge in [0.1, 0.15) is 6.04 Å². The molecular formula is C24H30N2O15S. The van der Waals surface area contributed by atoms with Crippen LogP contribution in [-0.4, -0.2) is 103 Å². The number of hydrogen-bond donors (Lipinski definition) is 6. The van der Waals surface area contributed by atoms with Crippen LogP contribution < -0.4 is 11.1 Å². The summed E-state index contributed by atoms with van der Waals surface area (Å²) in [5, 5.41) is 42.8. The van der Waals surface area contributed by atoms with Crippen LogP contribution in [0.25, 0.3) is 0 Å². The van der Waals surface area contributed by atoms with Crippen molar-refractivity contribution in [2.45, 2.75) is 68.9 Å². The fourth-order valence-electron chi connectivity index (χ4n) is 3.84. The van der Waals surface area contributed by atoms with Gasteiger partial charge in [-0.1, -0.05) is 18.2 Å². The van der Waals surface area contributed by atoms with Gasteiger partial charge in [-0.3, -0.25) is 29.7 Å². The standard InChI is InChI=1S/C24H30N2O15S/c1-11(27)37-20(34)17-22(35,39-13(3)29)23(36,40-14(4)30)21(38-12(2)28)24(25,41-17)42-10-16(19(32)33)26-18(31)15-8-6-5-7-9-15/h5-9,16-17,20-21,34-36H,10,25H2,1-4H3,(H,26,31)(H,32,33)/t16-,17+,20?,21+,22-,23-,24-/m0/s1. The number of hydrogen-bond acceptors (Lipinski definition) is 16. The van der Waals surface area contributed by atoms with Crippen molar-refractivity contribution < 1.29 is 72.9 Å². The quantitative estimate of drug-likeness (QED) is 0.0883. The van der Waals surface area contributed by atoms with Gasteiger partial charge >= 0.3 is 41.4 Å². The van der Waals surface area contributed by atoms with E-state index in [-0.39, 0.29) is 17.3 Å². The molecule has 1 aliphatic rings. The minimum absolute atomic E-state index is 0.100. The molecule has 0 aliphatic carbocycles. The lowest BCUT2D eigenvalue weighted by Gasteiger charge is -2.56. The molecule has 7 N–H and O–H groups in total. The van der Waals surface area contributed by atoms with Gasteiger partial charge in [0.2, 0.25) is 17.5 Å². The summed E-state index contributed by atoms with van der Waals surface area (Å²) < 4.78 is 24.8. The first-order valence-electron chi connectivity index (χ1n) is 11.9. The fraction of sp³-hybridized carbons (Fsp3) is 0.500. The molecule has 1 aromatic rings. The van der Waals surface area contributed by atoms with Crippen molar-refractivity contribution in [2.24, 2.45) is 5.73 Å². The average Bonchev–Trinajstić information content (AvgIpc) is 2.86. The smallest absolute Gasteiger partial charge is 0.327 e. The van der Waals surface area contributed by atoms with Gasteiger partial charge in [-0.15, -0.1) is 11.8 Å². The van der Waals surface area contributed by atoms with Crippen molar-refractivity contribution >= 4 is 47.5 Å². The molecule has 232 valence electrons. The molecule has 1 aromatic carbocycles. The molecule has 0 saturated carbocycles. The summed E-state index contributed by atoms with van der Waals surface area (Å²) in [6.45, 7) is 3.10. The molecule has 1 aliphatic heterocycles. The number of carbonyl (C=O) groups excluding carboxylic acids is 5. The number of carboxylic acid groups (broad SMARTS) is 1. The van der Waals surface area contributed by atoms with Gasteiger partial charge in [-0.2, -0.15) is 0 Å². The van der Waals surface area contributed by atoms with Crippen LogP contribution in [0.5, 0.6) is 0 Å². The summed E-state index contributed by atoms with van der Waals surface area (Å²) >= 11 is 0.241. The SMILES string of the molecule is CC(=O)OC(O)[C@H]1O[C@](N)(SC[C@H](NC(=O)c2ccccc2)C(=O)O)[C@H](OC(C)=O)[C@](O)(OC(C)=O)[C@@]1(O)OC(C)=O. The first-order chi connectivity index (χ1) is 19.4. The minimum atomic E-state index is -3.69. The normalized spacial score (nSPS) is 28.4. The molecule has 1 unspecified atom stereocenters. The number of ether oxygens (including phenoxy) is 5. The summed E-state index contributed by atoms with van der Waals surface area (Å²) in [4.78, 5) is 72.2. The van der Waals surface area contributed by atoms with Crippen LogP contribution in [0.3, 0.4) is 0 Å². The van der Waals surface area contributed by atoms with E-state index in [0.29, 0.717) is 0 Å². The maximum absolute atomic E-state index is 12.6. The Kier molecular flexibility index (Phi) is 11.0. The zero-order valence-electron chi connectivity index (χ0n) is 22.7. The lowest BCUT2D eigenvalue weighted by atomic mass is 9.88. The molecule has 17 nitrogen and oxygen atoms in total. The number of nitrogens with two attached hydrogens (primary N) is 1. The lowest BCUT2D eigenvalue weighted by Crippen LogP contribution is -2.83. The van der Waals surface area contributed by atoms with E-state index in [1.807, 2.05) is 0 Å². The van der Waals surface area contributed by atoms with E-state index in [2.05, 4.69) is 10.1 Å². The first kappa shape index (κ1) is 34.4. The summed E-state index contributed by atoms with van der Waals surface area (Å²) in [5.74, 6) is -15.6. The number of carboxylic acids is 1. The Morgan fingerprint density at radius 3 is 1.98 bits per heavy atom. The van der Waals surface area contributed by atoms with Gasteiger partial charge in [-0.25, -0.2) is 4.79 Å². The van der Waals surface area contributed by atoms with Gasteiger partial charge in [-0.05, 0) is 12.1 Å². The number of carbonyl (C=O) groups is 6. The second-order valence-corrected chi connectivity index (χ2v) is 10.1. The van der Waals surface area contributed by atoms with Gasteiger partial charge in [0.05, 0.1) is 0 Å². The first-order valence-corrected chi connectivity index (χ1v) is 12.9. The Balaban J connectivity index is 2.63. The summed E-state index contributed by atoms with van der Waals surface area (Å²) in [5.41, 5.74) is 6.41. The predicted octanol–water partition coefficient (Wildman–Crippen LogP) is -2.07. The molecule has 0 bridgehead atoms. The average molecular weight is 619 g/mol. The van der Waals surface area contributed by atoms with E-state index in [1.54, 1.807) is 6.07 Å². The zero-order chi connectivity index (χ0) is 32.0. The van der Waals surface area contributed by atoms with Crippen LogP contribution in [0.15, 0.2) is 30.3 Å². The van der Waals surface area contributed by atoms with E-state index in [1.165, 1.54) is 24.3 Å². The summed E-state index contributed by atoms with van der Waals surface area (Å²) in [6, 6.07) is 5.77. The monoisotopic (exact) mass is 618 g/mol. The van der Waals surface area contributed by atoms with Crippen LogP contribution >= 0.6 is 11.8 Å². The highest BCUT2D eigenvalue weighted by molar-refractivity contribution is 8.00. The van der Waals surface area contributed by atoms with E-state index < -0.39 is 82.7 Å². The van der Waals surface area contributed by atoms with Crippen molar-refractivity contribution in [1.29, 1.82) is 0 Å². The van der Waals surface area contributed by atoms with Gasteiger partial charge in [0.15, 0.2) is 6.10 Å². The Morgan fingerprint density at radius 1 is 0.952 bits per heavy atom. The van der Waals surface area contributed by atoms with Crippen molar-refractivity contribution in [3.8, 4) is 0 Å². The van der Waals surface area contributed by atoms with Crippen LogP contribution in [-0.2, 0) is 47.7 Å². The van der Waals surface area contributed by atoms with Crippen LogP contribution in [0, 0.1) is 0 Å².